The number of hydrogen-bond acceptors (Lipinski definition) is 3. The smallest absolute Gasteiger partial charge is 0.246 e. The van der Waals surface area contributed by atoms with Gasteiger partial charge in [0.15, 0.2) is 0 Å². The van der Waals surface area contributed by atoms with Gasteiger partial charge in [0.25, 0.3) is 0 Å². The molecule has 0 fully saturated rings. The minimum absolute atomic E-state index is 0.0772. The van der Waals surface area contributed by atoms with Crippen LogP contribution in [0.4, 0.5) is 0 Å². The van der Waals surface area contributed by atoms with Crippen molar-refractivity contribution < 1.29 is 14.3 Å². The van der Waals surface area contributed by atoms with Gasteiger partial charge in [0.05, 0.1) is 13.2 Å². The molecule has 0 saturated heterocycles. The molecule has 84 valence electrons. The fraction of sp³-hybridized carbons (Fsp3) is 0.500. The molecule has 0 unspecified atom stereocenters. The van der Waals surface area contributed by atoms with Crippen molar-refractivity contribution in [3.05, 3.63) is 24.0 Å². The number of aromatic nitrogens is 1. The Morgan fingerprint density at radius 1 is 1.53 bits per heavy atom. The van der Waals surface area contributed by atoms with Gasteiger partial charge in [0, 0.05) is 26.0 Å². The molecular weight excluding hydrogens is 196 g/mol. The number of nitrogens with one attached hydrogen (secondary N) is 2. The first kappa shape index (κ1) is 11.7. The molecule has 0 aliphatic rings. The Hall–Kier alpha value is -1.33. The Bertz CT molecular complexity index is 272. The van der Waals surface area contributed by atoms with E-state index in [-0.39, 0.29) is 12.5 Å². The molecule has 15 heavy (non-hydrogen) atoms. The van der Waals surface area contributed by atoms with Crippen molar-refractivity contribution in [1.29, 1.82) is 0 Å². The number of carbonyl (C=O) groups is 1. The molecule has 5 heteroatoms. The topological polar surface area (TPSA) is 63.4 Å². The Labute approximate surface area is 88.8 Å². The van der Waals surface area contributed by atoms with Crippen LogP contribution in [0.25, 0.3) is 0 Å². The molecular formula is C10H16N2O3. The van der Waals surface area contributed by atoms with Crippen molar-refractivity contribution in [3.63, 3.8) is 0 Å². The van der Waals surface area contributed by atoms with Gasteiger partial charge in [-0.2, -0.15) is 0 Å². The van der Waals surface area contributed by atoms with Crippen LogP contribution in [0.15, 0.2) is 18.5 Å². The maximum Gasteiger partial charge on any atom is 0.246 e. The molecule has 0 bridgehead atoms. The highest BCUT2D eigenvalue weighted by molar-refractivity contribution is 5.77. The van der Waals surface area contributed by atoms with E-state index in [9.17, 15) is 4.79 Å². The quantitative estimate of drug-likeness (QED) is 0.639. The lowest BCUT2D eigenvalue weighted by molar-refractivity contribution is -0.126. The number of aromatic amines is 1. The van der Waals surface area contributed by atoms with Gasteiger partial charge < -0.3 is 19.8 Å². The first-order chi connectivity index (χ1) is 7.33. The van der Waals surface area contributed by atoms with E-state index >= 15 is 0 Å². The second-order valence-corrected chi connectivity index (χ2v) is 3.04. The summed E-state index contributed by atoms with van der Waals surface area (Å²) in [6, 6.07) is 1.91. The van der Waals surface area contributed by atoms with E-state index in [2.05, 4.69) is 10.3 Å². The largest absolute Gasteiger partial charge is 0.382 e. The molecule has 1 aromatic heterocycles. The molecule has 1 rings (SSSR count). The zero-order valence-electron chi connectivity index (χ0n) is 8.79. The van der Waals surface area contributed by atoms with Crippen molar-refractivity contribution in [3.8, 4) is 0 Å². The Morgan fingerprint density at radius 3 is 3.07 bits per heavy atom. The zero-order valence-corrected chi connectivity index (χ0v) is 8.79. The van der Waals surface area contributed by atoms with E-state index in [0.29, 0.717) is 19.8 Å². The van der Waals surface area contributed by atoms with E-state index < -0.39 is 0 Å². The highest BCUT2D eigenvalue weighted by atomic mass is 16.5. The van der Waals surface area contributed by atoms with Crippen LogP contribution >= 0.6 is 0 Å². The summed E-state index contributed by atoms with van der Waals surface area (Å²) in [5.74, 6) is -0.118. The number of H-pyrrole nitrogens is 1. The van der Waals surface area contributed by atoms with E-state index in [1.54, 1.807) is 7.11 Å². The first-order valence-corrected chi connectivity index (χ1v) is 4.78. The fourth-order valence-electron chi connectivity index (χ4n) is 1.03. The van der Waals surface area contributed by atoms with Gasteiger partial charge in [-0.25, -0.2) is 0 Å². The van der Waals surface area contributed by atoms with Crippen molar-refractivity contribution in [2.24, 2.45) is 0 Å². The van der Waals surface area contributed by atoms with Gasteiger partial charge >= 0.3 is 0 Å². The van der Waals surface area contributed by atoms with Gasteiger partial charge in [0.2, 0.25) is 5.91 Å². The second kappa shape index (κ2) is 7.03. The molecule has 5 nitrogen and oxygen atoms in total. The normalized spacial score (nSPS) is 10.2. The summed E-state index contributed by atoms with van der Waals surface area (Å²) in [6.45, 7) is 1.54. The highest BCUT2D eigenvalue weighted by Gasteiger charge is 2.00. The van der Waals surface area contributed by atoms with Crippen LogP contribution in [0.1, 0.15) is 5.56 Å². The second-order valence-electron chi connectivity index (χ2n) is 3.04. The van der Waals surface area contributed by atoms with Crippen LogP contribution in [0.3, 0.4) is 0 Å². The van der Waals surface area contributed by atoms with Crippen LogP contribution in [0.2, 0.25) is 0 Å². The van der Waals surface area contributed by atoms with Crippen molar-refractivity contribution in [2.75, 3.05) is 26.9 Å². The first-order valence-electron chi connectivity index (χ1n) is 4.78. The molecule has 1 heterocycles. The van der Waals surface area contributed by atoms with Gasteiger partial charge in [0.1, 0.15) is 6.61 Å². The summed E-state index contributed by atoms with van der Waals surface area (Å²) in [4.78, 5) is 14.1. The van der Waals surface area contributed by atoms with E-state index in [1.165, 1.54) is 0 Å². The van der Waals surface area contributed by atoms with E-state index in [1.807, 2.05) is 18.5 Å². The highest BCUT2D eigenvalue weighted by Crippen LogP contribution is 1.94. The lowest BCUT2D eigenvalue weighted by atomic mass is 10.3. The molecule has 0 radical (unpaired) electrons. The fourth-order valence-corrected chi connectivity index (χ4v) is 1.03. The third kappa shape index (κ3) is 5.19. The molecule has 0 spiro atoms. The third-order valence-corrected chi connectivity index (χ3v) is 1.82. The Balaban J connectivity index is 2.04. The van der Waals surface area contributed by atoms with Crippen molar-refractivity contribution >= 4 is 5.91 Å². The van der Waals surface area contributed by atoms with Crippen LogP contribution in [-0.2, 0) is 20.8 Å². The summed E-state index contributed by atoms with van der Waals surface area (Å²) >= 11 is 0. The minimum atomic E-state index is -0.118. The summed E-state index contributed by atoms with van der Waals surface area (Å²) in [6.07, 6.45) is 3.66. The minimum Gasteiger partial charge on any atom is -0.382 e. The predicted octanol–water partition coefficient (Wildman–Crippen LogP) is 0.294. The maximum atomic E-state index is 11.2. The van der Waals surface area contributed by atoms with E-state index in [0.717, 1.165) is 5.56 Å². The molecule has 1 amide bonds. The van der Waals surface area contributed by atoms with Crippen molar-refractivity contribution in [2.45, 2.75) is 6.54 Å². The van der Waals surface area contributed by atoms with E-state index in [4.69, 9.17) is 9.47 Å². The van der Waals surface area contributed by atoms with Crippen LogP contribution in [-0.4, -0.2) is 37.8 Å². The SMILES string of the molecule is COCCOCC(=O)NCc1cc[nH]c1. The summed E-state index contributed by atoms with van der Waals surface area (Å²) in [7, 11) is 1.59. The molecule has 0 aliphatic carbocycles. The van der Waals surface area contributed by atoms with Crippen LogP contribution < -0.4 is 5.32 Å². The monoisotopic (exact) mass is 212 g/mol. The number of rotatable bonds is 7. The molecule has 0 aromatic carbocycles. The Morgan fingerprint density at radius 2 is 2.40 bits per heavy atom. The number of hydrogen-bond donors (Lipinski definition) is 2. The van der Waals surface area contributed by atoms with Crippen molar-refractivity contribution in [1.82, 2.24) is 10.3 Å². The number of methoxy groups -OCH3 is 1. The third-order valence-electron chi connectivity index (χ3n) is 1.82. The van der Waals surface area contributed by atoms with Crippen LogP contribution in [0, 0.1) is 0 Å². The van der Waals surface area contributed by atoms with Gasteiger partial charge in [-0.15, -0.1) is 0 Å². The Kier molecular flexibility index (Phi) is 5.50. The number of amides is 1. The van der Waals surface area contributed by atoms with Gasteiger partial charge in [-0.3, -0.25) is 4.79 Å². The molecule has 0 atom stereocenters. The average Bonchev–Trinajstić information content (AvgIpc) is 2.74. The zero-order chi connectivity index (χ0) is 10.9. The predicted molar refractivity (Wildman–Crippen MR) is 55.3 cm³/mol. The lowest BCUT2D eigenvalue weighted by Gasteiger charge is -2.04. The summed E-state index contributed by atoms with van der Waals surface area (Å²) < 4.78 is 9.84. The van der Waals surface area contributed by atoms with Gasteiger partial charge in [-0.1, -0.05) is 0 Å². The van der Waals surface area contributed by atoms with Gasteiger partial charge in [-0.05, 0) is 11.6 Å². The van der Waals surface area contributed by atoms with Crippen LogP contribution in [0.5, 0.6) is 0 Å². The lowest BCUT2D eigenvalue weighted by Crippen LogP contribution is -2.27. The summed E-state index contributed by atoms with van der Waals surface area (Å²) in [5.41, 5.74) is 1.04. The standard InChI is InChI=1S/C10H16N2O3/c1-14-4-5-15-8-10(13)12-7-9-2-3-11-6-9/h2-3,6,11H,4-5,7-8H2,1H3,(H,12,13). The maximum absolute atomic E-state index is 11.2. The average molecular weight is 212 g/mol. The number of ether oxygens (including phenoxy) is 2. The molecule has 0 aliphatic heterocycles. The number of carbonyl (C=O) groups excluding carboxylic acids is 1. The molecule has 1 aromatic rings. The molecule has 2 N–H and O–H groups in total. The molecule has 0 saturated carbocycles. The summed E-state index contributed by atoms with van der Waals surface area (Å²) in [5, 5.41) is 2.74.